The van der Waals surface area contributed by atoms with Crippen LogP contribution in [0.3, 0.4) is 0 Å². The molecule has 0 aliphatic carbocycles. The van der Waals surface area contributed by atoms with Gasteiger partial charge in [0.25, 0.3) is 0 Å². The number of nitrogens with one attached hydrogen (secondary N) is 2. The van der Waals surface area contributed by atoms with Crippen molar-refractivity contribution >= 4 is 51.4 Å². The van der Waals surface area contributed by atoms with Crippen molar-refractivity contribution in [1.29, 1.82) is 0 Å². The molecule has 0 amide bonds. The number of carbonyl (C=O) groups excluding carboxylic acids is 1. The van der Waals surface area contributed by atoms with Gasteiger partial charge in [-0.05, 0) is 29.1 Å². The van der Waals surface area contributed by atoms with E-state index < -0.39 is 5.97 Å². The number of esters is 1. The maximum atomic E-state index is 11.9. The van der Waals surface area contributed by atoms with Crippen molar-refractivity contribution < 1.29 is 14.3 Å². The van der Waals surface area contributed by atoms with Gasteiger partial charge < -0.3 is 20.1 Å². The first-order valence-electron chi connectivity index (χ1n) is 9.74. The number of nitrogens with zero attached hydrogens (tertiary/aromatic N) is 3. The smallest absolute Gasteiger partial charge is 0.340 e. The molecule has 1 saturated heterocycles. The van der Waals surface area contributed by atoms with Crippen LogP contribution in [0.25, 0.3) is 0 Å². The molecule has 2 aromatic heterocycles. The molecule has 3 aromatic rings. The van der Waals surface area contributed by atoms with Crippen LogP contribution in [0.5, 0.6) is 0 Å². The van der Waals surface area contributed by atoms with Crippen LogP contribution in [0.15, 0.2) is 41.9 Å². The molecular formula is C21H22ClN5O3S. The van der Waals surface area contributed by atoms with E-state index in [0.29, 0.717) is 27.4 Å². The molecule has 0 bridgehead atoms. The van der Waals surface area contributed by atoms with Gasteiger partial charge in [0.1, 0.15) is 10.0 Å². The van der Waals surface area contributed by atoms with Crippen LogP contribution >= 0.6 is 22.9 Å². The summed E-state index contributed by atoms with van der Waals surface area (Å²) in [5.74, 6) is 0.365. The Kier molecular flexibility index (Phi) is 6.98. The Morgan fingerprint density at radius 1 is 1.23 bits per heavy atom. The van der Waals surface area contributed by atoms with Gasteiger partial charge in [-0.15, -0.1) is 11.3 Å². The van der Waals surface area contributed by atoms with E-state index in [0.717, 1.165) is 38.5 Å². The number of hydrogen-bond acceptors (Lipinski definition) is 9. The van der Waals surface area contributed by atoms with Gasteiger partial charge in [0.2, 0.25) is 5.95 Å². The Balaban J connectivity index is 1.43. The van der Waals surface area contributed by atoms with Crippen LogP contribution in [0, 0.1) is 0 Å². The number of thiophene rings is 1. The second-order valence-corrected chi connectivity index (χ2v) is 8.20. The van der Waals surface area contributed by atoms with Crippen molar-refractivity contribution in [1.82, 2.24) is 14.9 Å². The number of benzene rings is 1. The molecule has 0 spiro atoms. The summed E-state index contributed by atoms with van der Waals surface area (Å²) in [7, 11) is 1.34. The fourth-order valence-electron chi connectivity index (χ4n) is 3.14. The number of methoxy groups -OCH3 is 1. The zero-order valence-corrected chi connectivity index (χ0v) is 18.5. The van der Waals surface area contributed by atoms with Crippen LogP contribution in [-0.2, 0) is 16.0 Å². The van der Waals surface area contributed by atoms with E-state index in [9.17, 15) is 4.79 Å². The van der Waals surface area contributed by atoms with Crippen LogP contribution in [-0.4, -0.2) is 54.3 Å². The SMILES string of the molecule is COC(=O)c1ccsc1Nc1nc(Nc2ccc(CN3CCOCC3)cc2)ncc1Cl. The first-order chi connectivity index (χ1) is 15.1. The van der Waals surface area contributed by atoms with Crippen molar-refractivity contribution in [2.24, 2.45) is 0 Å². The Labute approximate surface area is 189 Å². The quantitative estimate of drug-likeness (QED) is 0.505. The highest BCUT2D eigenvalue weighted by atomic mass is 35.5. The molecule has 8 nitrogen and oxygen atoms in total. The summed E-state index contributed by atoms with van der Waals surface area (Å²) in [6.45, 7) is 4.39. The van der Waals surface area contributed by atoms with E-state index in [1.54, 1.807) is 11.4 Å². The zero-order valence-electron chi connectivity index (χ0n) is 16.9. The lowest BCUT2D eigenvalue weighted by molar-refractivity contribution is 0.0342. The molecule has 0 atom stereocenters. The predicted molar refractivity (Wildman–Crippen MR) is 122 cm³/mol. The molecular weight excluding hydrogens is 438 g/mol. The van der Waals surface area contributed by atoms with Crippen molar-refractivity contribution in [2.45, 2.75) is 6.54 Å². The minimum absolute atomic E-state index is 0.343. The number of carbonyl (C=O) groups is 1. The Morgan fingerprint density at radius 3 is 2.74 bits per heavy atom. The normalized spacial score (nSPS) is 14.3. The molecule has 1 fully saturated rings. The zero-order chi connectivity index (χ0) is 21.6. The topological polar surface area (TPSA) is 88.6 Å². The molecule has 3 heterocycles. The third-order valence-corrected chi connectivity index (χ3v) is 5.87. The Hall–Kier alpha value is -2.72. The first-order valence-corrected chi connectivity index (χ1v) is 11.0. The lowest BCUT2D eigenvalue weighted by atomic mass is 10.2. The van der Waals surface area contributed by atoms with Gasteiger partial charge in [-0.3, -0.25) is 4.90 Å². The van der Waals surface area contributed by atoms with Crippen molar-refractivity contribution in [3.8, 4) is 0 Å². The lowest BCUT2D eigenvalue weighted by Crippen LogP contribution is -2.35. The van der Waals surface area contributed by atoms with E-state index >= 15 is 0 Å². The molecule has 0 unspecified atom stereocenters. The van der Waals surface area contributed by atoms with E-state index in [1.165, 1.54) is 30.2 Å². The summed E-state index contributed by atoms with van der Waals surface area (Å²) in [6, 6.07) is 9.85. The molecule has 2 N–H and O–H groups in total. The van der Waals surface area contributed by atoms with Gasteiger partial charge >= 0.3 is 5.97 Å². The number of anilines is 4. The fourth-order valence-corrected chi connectivity index (χ4v) is 4.05. The molecule has 0 saturated carbocycles. The minimum atomic E-state index is -0.426. The van der Waals surface area contributed by atoms with Crippen LogP contribution in [0.4, 0.5) is 22.5 Å². The molecule has 4 rings (SSSR count). The van der Waals surface area contributed by atoms with E-state index in [4.69, 9.17) is 21.1 Å². The molecule has 162 valence electrons. The van der Waals surface area contributed by atoms with Crippen LogP contribution in [0.1, 0.15) is 15.9 Å². The first kappa shape index (κ1) is 21.5. The number of hydrogen-bond donors (Lipinski definition) is 2. The molecule has 0 radical (unpaired) electrons. The Morgan fingerprint density at radius 2 is 2.00 bits per heavy atom. The van der Waals surface area contributed by atoms with E-state index in [2.05, 4.69) is 37.6 Å². The highest BCUT2D eigenvalue weighted by Gasteiger charge is 2.16. The maximum absolute atomic E-state index is 11.9. The largest absolute Gasteiger partial charge is 0.465 e. The van der Waals surface area contributed by atoms with Gasteiger partial charge in [0, 0.05) is 25.3 Å². The summed E-state index contributed by atoms with van der Waals surface area (Å²) in [4.78, 5) is 23.0. The second-order valence-electron chi connectivity index (χ2n) is 6.88. The van der Waals surface area contributed by atoms with Gasteiger partial charge in [0.15, 0.2) is 5.82 Å². The molecule has 31 heavy (non-hydrogen) atoms. The summed E-state index contributed by atoms with van der Waals surface area (Å²) in [5, 5.41) is 9.02. The van der Waals surface area contributed by atoms with Crippen molar-refractivity contribution in [2.75, 3.05) is 44.0 Å². The van der Waals surface area contributed by atoms with E-state index in [-0.39, 0.29) is 0 Å². The average Bonchev–Trinajstić information content (AvgIpc) is 3.26. The number of morpholine rings is 1. The fraction of sp³-hybridized carbons (Fsp3) is 0.286. The summed E-state index contributed by atoms with van der Waals surface area (Å²) in [5.41, 5.74) is 2.53. The van der Waals surface area contributed by atoms with Crippen LogP contribution < -0.4 is 10.6 Å². The van der Waals surface area contributed by atoms with Gasteiger partial charge in [-0.2, -0.15) is 4.98 Å². The molecule has 1 aliphatic rings. The molecule has 1 aromatic carbocycles. The summed E-state index contributed by atoms with van der Waals surface area (Å²) < 4.78 is 10.2. The van der Waals surface area contributed by atoms with Crippen LogP contribution in [0.2, 0.25) is 5.02 Å². The van der Waals surface area contributed by atoms with E-state index in [1.807, 2.05) is 12.1 Å². The monoisotopic (exact) mass is 459 g/mol. The third-order valence-electron chi connectivity index (χ3n) is 4.77. The highest BCUT2D eigenvalue weighted by Crippen LogP contribution is 2.30. The predicted octanol–water partition coefficient (Wildman–Crippen LogP) is 4.30. The molecule has 1 aliphatic heterocycles. The Bertz CT molecular complexity index is 1040. The average molecular weight is 460 g/mol. The van der Waals surface area contributed by atoms with Gasteiger partial charge in [-0.25, -0.2) is 9.78 Å². The number of ether oxygens (including phenoxy) is 2. The highest BCUT2D eigenvalue weighted by molar-refractivity contribution is 7.14. The van der Waals surface area contributed by atoms with Crippen molar-refractivity contribution in [3.05, 3.63) is 58.1 Å². The summed E-state index contributed by atoms with van der Waals surface area (Å²) >= 11 is 7.61. The third kappa shape index (κ3) is 5.50. The number of aromatic nitrogens is 2. The lowest BCUT2D eigenvalue weighted by Gasteiger charge is -2.26. The van der Waals surface area contributed by atoms with Gasteiger partial charge in [-0.1, -0.05) is 23.7 Å². The van der Waals surface area contributed by atoms with Gasteiger partial charge in [0.05, 0.1) is 32.1 Å². The standard InChI is InChI=1S/C21H22ClN5O3S/c1-29-20(28)16-6-11-31-19(16)25-18-17(22)12-23-21(26-18)24-15-4-2-14(3-5-15)13-27-7-9-30-10-8-27/h2-6,11-12H,7-10,13H2,1H3,(H2,23,24,25,26). The summed E-state index contributed by atoms with van der Waals surface area (Å²) in [6.07, 6.45) is 1.51. The second kappa shape index (κ2) is 10.1. The maximum Gasteiger partial charge on any atom is 0.340 e. The number of halogens is 1. The van der Waals surface area contributed by atoms with Crippen molar-refractivity contribution in [3.63, 3.8) is 0 Å². The number of rotatable bonds is 7. The minimum Gasteiger partial charge on any atom is -0.465 e. The molecule has 10 heteroatoms.